The van der Waals surface area contributed by atoms with E-state index >= 15 is 0 Å². The minimum absolute atomic E-state index is 0.0953. The molecule has 1 unspecified atom stereocenters. The molecule has 1 saturated heterocycles. The highest BCUT2D eigenvalue weighted by Crippen LogP contribution is 2.21. The van der Waals surface area contributed by atoms with Crippen LogP contribution in [0.1, 0.15) is 27.2 Å². The summed E-state index contributed by atoms with van der Waals surface area (Å²) in [6.45, 7) is 5.97. The lowest BCUT2D eigenvalue weighted by molar-refractivity contribution is -0.118. The van der Waals surface area contributed by atoms with E-state index in [-0.39, 0.29) is 5.91 Å². The maximum Gasteiger partial charge on any atom is 0.408 e. The molecule has 0 aliphatic carbocycles. The molecule has 0 radical (unpaired) electrons. The maximum atomic E-state index is 12.3. The zero-order valence-corrected chi connectivity index (χ0v) is 12.1. The van der Waals surface area contributed by atoms with E-state index in [4.69, 9.17) is 4.74 Å². The number of carbonyl (C=O) groups is 2. The molecule has 0 spiro atoms. The minimum Gasteiger partial charge on any atom is -0.444 e. The lowest BCUT2D eigenvalue weighted by Crippen LogP contribution is -2.43. The van der Waals surface area contributed by atoms with E-state index in [0.29, 0.717) is 13.0 Å². The van der Waals surface area contributed by atoms with Crippen molar-refractivity contribution in [1.29, 1.82) is 0 Å². The molecule has 1 aromatic rings. The second kappa shape index (κ2) is 5.53. The quantitative estimate of drug-likeness (QED) is 0.901. The molecule has 1 aliphatic rings. The average molecular weight is 276 g/mol. The first-order chi connectivity index (χ1) is 9.37. The highest BCUT2D eigenvalue weighted by Gasteiger charge is 2.34. The molecule has 5 heteroatoms. The molecule has 0 bridgehead atoms. The number of hydrogen-bond donors (Lipinski definition) is 1. The standard InChI is InChI=1S/C15H20N2O3/c1-15(2,3)20-14(19)16-12-9-10-17(13(12)18)11-7-5-4-6-8-11/h4-8,12H,9-10H2,1-3H3,(H,16,19). The summed E-state index contributed by atoms with van der Waals surface area (Å²) in [7, 11) is 0. The van der Waals surface area contributed by atoms with Gasteiger partial charge in [0.25, 0.3) is 0 Å². The number of amides is 2. The van der Waals surface area contributed by atoms with Gasteiger partial charge in [0.15, 0.2) is 0 Å². The lowest BCUT2D eigenvalue weighted by atomic mass is 10.2. The smallest absolute Gasteiger partial charge is 0.408 e. The van der Waals surface area contributed by atoms with Gasteiger partial charge in [0.1, 0.15) is 11.6 Å². The van der Waals surface area contributed by atoms with Crippen LogP contribution in [0, 0.1) is 0 Å². The summed E-state index contributed by atoms with van der Waals surface area (Å²) in [6.07, 6.45) is 0.0400. The number of alkyl carbamates (subject to hydrolysis) is 1. The van der Waals surface area contributed by atoms with Crippen molar-refractivity contribution >= 4 is 17.7 Å². The van der Waals surface area contributed by atoms with Gasteiger partial charge in [-0.15, -0.1) is 0 Å². The Labute approximate surface area is 118 Å². The Morgan fingerprint density at radius 2 is 1.95 bits per heavy atom. The lowest BCUT2D eigenvalue weighted by Gasteiger charge is -2.21. The minimum atomic E-state index is -0.565. The highest BCUT2D eigenvalue weighted by atomic mass is 16.6. The third kappa shape index (κ3) is 3.50. The Morgan fingerprint density at radius 1 is 1.30 bits per heavy atom. The molecule has 1 fully saturated rings. The summed E-state index contributed by atoms with van der Waals surface area (Å²) in [6, 6.07) is 8.93. The SMILES string of the molecule is CC(C)(C)OC(=O)NC1CCN(c2ccccc2)C1=O. The number of benzene rings is 1. The first-order valence-corrected chi connectivity index (χ1v) is 6.73. The highest BCUT2D eigenvalue weighted by molar-refractivity contribution is 6.00. The van der Waals surface area contributed by atoms with E-state index in [1.165, 1.54) is 0 Å². The van der Waals surface area contributed by atoms with Crippen molar-refractivity contribution in [2.75, 3.05) is 11.4 Å². The molecule has 2 rings (SSSR count). The Bertz CT molecular complexity index is 494. The molecule has 2 amide bonds. The van der Waals surface area contributed by atoms with E-state index in [1.807, 2.05) is 30.3 Å². The molecule has 1 heterocycles. The number of nitrogens with zero attached hydrogens (tertiary/aromatic N) is 1. The van der Waals surface area contributed by atoms with Crippen molar-refractivity contribution in [3.8, 4) is 0 Å². The zero-order valence-electron chi connectivity index (χ0n) is 12.1. The van der Waals surface area contributed by atoms with Crippen LogP contribution in [0.5, 0.6) is 0 Å². The predicted molar refractivity (Wildman–Crippen MR) is 76.6 cm³/mol. The van der Waals surface area contributed by atoms with E-state index in [9.17, 15) is 9.59 Å². The average Bonchev–Trinajstić information content (AvgIpc) is 2.70. The first-order valence-electron chi connectivity index (χ1n) is 6.73. The second-order valence-corrected chi connectivity index (χ2v) is 5.81. The molecule has 1 aromatic carbocycles. The summed E-state index contributed by atoms with van der Waals surface area (Å²) in [4.78, 5) is 25.6. The molecule has 5 nitrogen and oxygen atoms in total. The predicted octanol–water partition coefficient (Wildman–Crippen LogP) is 2.32. The van der Waals surface area contributed by atoms with Crippen LogP contribution in [0.4, 0.5) is 10.5 Å². The fourth-order valence-electron chi connectivity index (χ4n) is 2.13. The summed E-state index contributed by atoms with van der Waals surface area (Å²) in [5, 5.41) is 2.63. The topological polar surface area (TPSA) is 58.6 Å². The number of rotatable bonds is 2. The van der Waals surface area contributed by atoms with E-state index in [1.54, 1.807) is 25.7 Å². The molecule has 20 heavy (non-hydrogen) atoms. The largest absolute Gasteiger partial charge is 0.444 e. The van der Waals surface area contributed by atoms with Gasteiger partial charge >= 0.3 is 6.09 Å². The van der Waals surface area contributed by atoms with Crippen LogP contribution in [0.15, 0.2) is 30.3 Å². The Balaban J connectivity index is 1.97. The van der Waals surface area contributed by atoms with Gasteiger partial charge in [-0.1, -0.05) is 18.2 Å². The molecule has 1 aliphatic heterocycles. The molecule has 0 aromatic heterocycles. The van der Waals surface area contributed by atoms with Crippen LogP contribution in [0.25, 0.3) is 0 Å². The van der Waals surface area contributed by atoms with Crippen molar-refractivity contribution in [3.63, 3.8) is 0 Å². The molecule has 1 N–H and O–H groups in total. The normalized spacial score (nSPS) is 19.1. The maximum absolute atomic E-state index is 12.3. The van der Waals surface area contributed by atoms with Gasteiger partial charge in [-0.05, 0) is 39.3 Å². The fourth-order valence-corrected chi connectivity index (χ4v) is 2.13. The third-order valence-electron chi connectivity index (χ3n) is 2.96. The van der Waals surface area contributed by atoms with Crippen LogP contribution in [-0.2, 0) is 9.53 Å². The number of ether oxygens (including phenoxy) is 1. The van der Waals surface area contributed by atoms with Crippen molar-refractivity contribution in [2.24, 2.45) is 0 Å². The summed E-state index contributed by atoms with van der Waals surface area (Å²) in [5.74, 6) is -0.0953. The zero-order chi connectivity index (χ0) is 14.8. The Morgan fingerprint density at radius 3 is 2.55 bits per heavy atom. The fraction of sp³-hybridized carbons (Fsp3) is 0.467. The van der Waals surface area contributed by atoms with E-state index < -0.39 is 17.7 Å². The first kappa shape index (κ1) is 14.4. The Kier molecular flexibility index (Phi) is 3.97. The molecule has 1 atom stereocenters. The number of hydrogen-bond acceptors (Lipinski definition) is 3. The summed E-state index contributed by atoms with van der Waals surface area (Å²) < 4.78 is 5.17. The molecular weight excluding hydrogens is 256 g/mol. The van der Waals surface area contributed by atoms with Crippen molar-refractivity contribution < 1.29 is 14.3 Å². The van der Waals surface area contributed by atoms with Crippen molar-refractivity contribution in [2.45, 2.75) is 38.8 Å². The number of para-hydroxylation sites is 1. The van der Waals surface area contributed by atoms with Crippen LogP contribution in [0.2, 0.25) is 0 Å². The monoisotopic (exact) mass is 276 g/mol. The van der Waals surface area contributed by atoms with Gasteiger partial charge in [0.2, 0.25) is 5.91 Å². The third-order valence-corrected chi connectivity index (χ3v) is 2.96. The van der Waals surface area contributed by atoms with Crippen LogP contribution < -0.4 is 10.2 Å². The molecule has 108 valence electrons. The van der Waals surface area contributed by atoms with Crippen LogP contribution in [-0.4, -0.2) is 30.2 Å². The van der Waals surface area contributed by atoms with Gasteiger partial charge in [0.05, 0.1) is 0 Å². The molecular formula is C15H20N2O3. The summed E-state index contributed by atoms with van der Waals surface area (Å²) >= 11 is 0. The Hall–Kier alpha value is -2.04. The number of nitrogens with one attached hydrogen (secondary N) is 1. The van der Waals surface area contributed by atoms with Gasteiger partial charge < -0.3 is 15.0 Å². The van der Waals surface area contributed by atoms with Gasteiger partial charge in [-0.3, -0.25) is 4.79 Å². The van der Waals surface area contributed by atoms with Gasteiger partial charge in [0, 0.05) is 12.2 Å². The molecule has 0 saturated carbocycles. The van der Waals surface area contributed by atoms with Crippen molar-refractivity contribution in [3.05, 3.63) is 30.3 Å². The second-order valence-electron chi connectivity index (χ2n) is 5.81. The summed E-state index contributed by atoms with van der Waals surface area (Å²) in [5.41, 5.74) is 0.288. The van der Waals surface area contributed by atoms with Crippen molar-refractivity contribution in [1.82, 2.24) is 5.32 Å². The van der Waals surface area contributed by atoms with Gasteiger partial charge in [-0.25, -0.2) is 4.79 Å². The van der Waals surface area contributed by atoms with E-state index in [2.05, 4.69) is 5.32 Å². The van der Waals surface area contributed by atoms with Gasteiger partial charge in [-0.2, -0.15) is 0 Å². The van der Waals surface area contributed by atoms with Crippen LogP contribution >= 0.6 is 0 Å². The van der Waals surface area contributed by atoms with Crippen LogP contribution in [0.3, 0.4) is 0 Å². The number of carbonyl (C=O) groups excluding carboxylic acids is 2. The number of anilines is 1. The van der Waals surface area contributed by atoms with E-state index in [0.717, 1.165) is 5.69 Å².